The van der Waals surface area contributed by atoms with Crippen molar-refractivity contribution in [2.75, 3.05) is 19.8 Å². The van der Waals surface area contributed by atoms with E-state index in [4.69, 9.17) is 47.4 Å². The van der Waals surface area contributed by atoms with Gasteiger partial charge in [-0.15, -0.1) is 0 Å². The van der Waals surface area contributed by atoms with E-state index in [-0.39, 0.29) is 36.5 Å². The number of hydrogen-bond acceptors (Lipinski definition) is 27. The minimum atomic E-state index is -1.95. The van der Waals surface area contributed by atoms with Gasteiger partial charge in [0.2, 0.25) is 6.29 Å². The van der Waals surface area contributed by atoms with Gasteiger partial charge >= 0.3 is 5.97 Å². The highest BCUT2D eigenvalue weighted by Crippen LogP contribution is 2.76. The molecule has 494 valence electrons. The second kappa shape index (κ2) is 24.0. The van der Waals surface area contributed by atoms with E-state index in [1.807, 2.05) is 0 Å². The van der Waals surface area contributed by atoms with Crippen LogP contribution in [0, 0.1) is 44.8 Å². The molecule has 10 rings (SSSR count). The number of hydrogen-bond donors (Lipinski definition) is 16. The Bertz CT molecular complexity index is 2430. The normalized spacial score (nSPS) is 56.5. The largest absolute Gasteiger partial charge is 0.432 e. The molecule has 0 amide bonds. The minimum absolute atomic E-state index is 0.00743. The van der Waals surface area contributed by atoms with Gasteiger partial charge < -0.3 is 129 Å². The Hall–Kier alpha value is -1.79. The molecule has 0 aromatic rings. The summed E-state index contributed by atoms with van der Waals surface area (Å²) in [5, 5.41) is 176. The van der Waals surface area contributed by atoms with E-state index in [1.54, 1.807) is 13.8 Å². The second-order valence-corrected chi connectivity index (χ2v) is 28.5. The lowest BCUT2D eigenvalue weighted by molar-refractivity contribution is -0.392. The molecule has 27 heteroatoms. The van der Waals surface area contributed by atoms with Crippen molar-refractivity contribution < 1.29 is 134 Å². The quantitative estimate of drug-likeness (QED) is 0.0514. The molecule has 5 heterocycles. The Morgan fingerprint density at radius 2 is 1.08 bits per heavy atom. The monoisotopic (exact) mass is 1240 g/mol. The molecule has 0 aromatic heterocycles. The smallest absolute Gasteiger partial charge is 0.315 e. The van der Waals surface area contributed by atoms with Gasteiger partial charge in [0.1, 0.15) is 97.7 Å². The van der Waals surface area contributed by atoms with Gasteiger partial charge in [-0.2, -0.15) is 0 Å². The first kappa shape index (κ1) is 67.1. The molecule has 5 aliphatic heterocycles. The molecule has 0 spiro atoms. The summed E-state index contributed by atoms with van der Waals surface area (Å²) < 4.78 is 61.2. The van der Waals surface area contributed by atoms with E-state index in [0.717, 1.165) is 5.57 Å². The van der Waals surface area contributed by atoms with Gasteiger partial charge in [-0.05, 0) is 119 Å². The van der Waals surface area contributed by atoms with Gasteiger partial charge in [0.05, 0.1) is 54.7 Å². The van der Waals surface area contributed by atoms with Crippen LogP contribution in [0.15, 0.2) is 11.6 Å². The average molecular weight is 1240 g/mol. The molecule has 16 N–H and O–H groups in total. The second-order valence-electron chi connectivity index (χ2n) is 28.5. The highest BCUT2D eigenvalue weighted by atomic mass is 16.8. The zero-order chi connectivity index (χ0) is 63.1. The number of allylic oxidation sites excluding steroid dienone is 1. The van der Waals surface area contributed by atoms with E-state index in [9.17, 15) is 81.7 Å². The first-order valence-corrected chi connectivity index (χ1v) is 30.7. The third-order valence-electron chi connectivity index (χ3n) is 23.6. The predicted molar refractivity (Wildman–Crippen MR) is 289 cm³/mol. The van der Waals surface area contributed by atoms with Gasteiger partial charge in [0.25, 0.3) is 0 Å². The molecular formula is C59H96O27. The van der Waals surface area contributed by atoms with Crippen molar-refractivity contribution in [3.8, 4) is 0 Å². The highest BCUT2D eigenvalue weighted by Gasteiger charge is 2.74. The summed E-state index contributed by atoms with van der Waals surface area (Å²) in [4.78, 5) is 15.5. The van der Waals surface area contributed by atoms with Gasteiger partial charge in [-0.1, -0.05) is 46.3 Å². The third-order valence-corrected chi connectivity index (χ3v) is 23.6. The Morgan fingerprint density at radius 3 is 1.73 bits per heavy atom. The van der Waals surface area contributed by atoms with Crippen LogP contribution in [0.1, 0.15) is 120 Å². The summed E-state index contributed by atoms with van der Waals surface area (Å²) in [6.45, 7) is 15.0. The lowest BCUT2D eigenvalue weighted by Crippen LogP contribution is -2.71. The van der Waals surface area contributed by atoms with Crippen molar-refractivity contribution >= 4 is 5.97 Å². The molecule has 0 aromatic carbocycles. The number of carbonyl (C=O) groups excluding carboxylic acids is 1. The van der Waals surface area contributed by atoms with Crippen LogP contribution in [-0.2, 0) is 52.2 Å². The number of aliphatic hydroxyl groups excluding tert-OH is 14. The molecule has 0 unspecified atom stereocenters. The summed E-state index contributed by atoms with van der Waals surface area (Å²) in [6, 6.07) is 0. The predicted octanol–water partition coefficient (Wildman–Crippen LogP) is -3.43. The van der Waals surface area contributed by atoms with Gasteiger partial charge in [0.15, 0.2) is 31.3 Å². The van der Waals surface area contributed by atoms with Gasteiger partial charge in [-0.25, -0.2) is 0 Å². The van der Waals surface area contributed by atoms with E-state index in [2.05, 4.69) is 40.7 Å². The molecule has 34 atom stereocenters. The molecule has 0 radical (unpaired) electrons. The van der Waals surface area contributed by atoms with Crippen LogP contribution in [-0.4, -0.2) is 272 Å². The first-order chi connectivity index (χ1) is 40.1. The zero-order valence-corrected chi connectivity index (χ0v) is 50.4. The molecule has 9 fully saturated rings. The molecular weight excluding hydrogens is 1140 g/mol. The Labute approximate surface area is 499 Å². The van der Waals surface area contributed by atoms with Crippen molar-refractivity contribution in [1.29, 1.82) is 0 Å². The number of fused-ring (bicyclic) bond motifs is 7. The summed E-state index contributed by atoms with van der Waals surface area (Å²) >= 11 is 0. The number of ether oxygens (including phenoxy) is 10. The van der Waals surface area contributed by atoms with Crippen LogP contribution < -0.4 is 0 Å². The average Bonchev–Trinajstić information content (AvgIpc) is 0.671. The first-order valence-electron chi connectivity index (χ1n) is 30.7. The van der Waals surface area contributed by atoms with E-state index in [0.29, 0.717) is 38.5 Å². The van der Waals surface area contributed by atoms with Crippen molar-refractivity contribution in [3.05, 3.63) is 11.6 Å². The van der Waals surface area contributed by atoms with E-state index in [1.165, 1.54) is 13.8 Å². The van der Waals surface area contributed by atoms with E-state index < -0.39 is 218 Å². The van der Waals surface area contributed by atoms with Crippen molar-refractivity contribution in [2.45, 2.75) is 285 Å². The molecule has 10 aliphatic rings. The zero-order valence-electron chi connectivity index (χ0n) is 50.4. The van der Waals surface area contributed by atoms with Gasteiger partial charge in [0, 0.05) is 5.92 Å². The Kier molecular flexibility index (Phi) is 18.7. The topological polar surface area (TPSA) is 433 Å². The van der Waals surface area contributed by atoms with Crippen LogP contribution in [0.3, 0.4) is 0 Å². The fourth-order valence-corrected chi connectivity index (χ4v) is 17.7. The van der Waals surface area contributed by atoms with E-state index >= 15 is 4.79 Å². The van der Waals surface area contributed by atoms with Crippen molar-refractivity contribution in [2.24, 2.45) is 44.8 Å². The van der Waals surface area contributed by atoms with Crippen LogP contribution >= 0.6 is 0 Å². The van der Waals surface area contributed by atoms with Crippen molar-refractivity contribution in [3.63, 3.8) is 0 Å². The summed E-state index contributed by atoms with van der Waals surface area (Å²) in [5.41, 5.74) is -6.58. The maximum absolute atomic E-state index is 15.5. The van der Waals surface area contributed by atoms with Crippen LogP contribution in [0.4, 0.5) is 0 Å². The molecule has 27 nitrogen and oxygen atoms in total. The summed E-state index contributed by atoms with van der Waals surface area (Å²) in [7, 11) is 0. The van der Waals surface area contributed by atoms with Crippen LogP contribution in [0.25, 0.3) is 0 Å². The molecule has 86 heavy (non-hydrogen) atoms. The summed E-state index contributed by atoms with van der Waals surface area (Å²) in [5.74, 6) is -1.92. The Balaban J connectivity index is 0.930. The lowest BCUT2D eigenvalue weighted by Gasteiger charge is -2.72. The molecule has 0 bridgehead atoms. The highest BCUT2D eigenvalue weighted by molar-refractivity contribution is 5.79. The fourth-order valence-electron chi connectivity index (χ4n) is 17.7. The molecule has 5 aliphatic carbocycles. The maximum atomic E-state index is 15.5. The van der Waals surface area contributed by atoms with Crippen LogP contribution in [0.5, 0.6) is 0 Å². The SMILES string of the molecule is C[C@@H]1O[C@@H](O[C@H]2[C@H](OC(=O)[C@]34CC[C@](C)(O)[C@@](C)(O)[C@H]3C3=CC[C@@H]5[C@@]6(C)CC[C@H](O[C@@H]7O[C@@H](C)[C@H](O)[C@@H](O[C@@H]8O[C@H](CO)[C@@H](O)[C@H](O)[C@H]8O)[C@H]7O[C@@H]7OC[C@H](O)[C@H](O)[C@H]7O)C(C)(C)[C@@H]6CC[C@@]5(C)[C@]3(C)CC4)O[C@H](CO)[C@@H](O)[C@@H]2O)[C@H](O)[C@H](O)[C@H]1O. The minimum Gasteiger partial charge on any atom is -0.432 e. The Morgan fingerprint density at radius 1 is 0.535 bits per heavy atom. The number of esters is 1. The van der Waals surface area contributed by atoms with Crippen LogP contribution in [0.2, 0.25) is 0 Å². The lowest BCUT2D eigenvalue weighted by atomic mass is 9.33. The fraction of sp³-hybridized carbons (Fsp3) is 0.949. The third kappa shape index (κ3) is 10.6. The summed E-state index contributed by atoms with van der Waals surface area (Å²) in [6.07, 6.45) is -33.7. The van der Waals surface area contributed by atoms with Crippen molar-refractivity contribution in [1.82, 2.24) is 0 Å². The number of rotatable bonds is 12. The van der Waals surface area contributed by atoms with Gasteiger partial charge in [-0.3, -0.25) is 4.79 Å². The number of carbonyl (C=O) groups is 1. The number of aliphatic hydroxyl groups is 16. The molecule has 5 saturated heterocycles. The maximum Gasteiger partial charge on any atom is 0.315 e. The molecule has 4 saturated carbocycles. The standard InChI is InChI=1S/C59H96O27/c1-23-32(63)37(68)41(72)48(78-23)84-44-39(70)36(67)28(21-61)81-50(44)86-52(74)59-18-16-55(6)25(46(59)58(9,76)57(8,75)17-19-59)10-11-30-54(5)14-13-31(53(3,4)29(54)12-15-56(30,55)7)82-51-45(85-47-40(71)34(65)26(62)22-77-47)43(33(64)24(2)79-51)83-49-42(73)38(69)35(66)27(20-60)80-49/h10,23-24,26-51,60-73,75-76H,11-22H2,1-9H3/t23-,24-,26-,27+,28+,29-,30+,31-,32-,33-,34-,35+,36+,37+,38-,39-,40+,41+,42+,43+,44+,45+,46+,47-,48-,49-,50-,51-,54-,55+,56+,57-,58-,59+/m0/s1.